The maximum atomic E-state index is 12.1. The summed E-state index contributed by atoms with van der Waals surface area (Å²) in [7, 11) is 0. The highest BCUT2D eigenvalue weighted by Crippen LogP contribution is 2.32. The Morgan fingerprint density at radius 3 is 2.92 bits per heavy atom. The molecule has 0 radical (unpaired) electrons. The minimum absolute atomic E-state index is 0.0275. The van der Waals surface area contributed by atoms with E-state index in [1.807, 2.05) is 48.7 Å². The van der Waals surface area contributed by atoms with Gasteiger partial charge in [-0.25, -0.2) is 9.97 Å². The van der Waals surface area contributed by atoms with Gasteiger partial charge in [0.2, 0.25) is 5.91 Å². The summed E-state index contributed by atoms with van der Waals surface area (Å²) in [6.45, 7) is 5.96. The Bertz CT molecular complexity index is 862. The van der Waals surface area contributed by atoms with Crippen molar-refractivity contribution in [3.05, 3.63) is 54.4 Å². The lowest BCUT2D eigenvalue weighted by atomic mass is 10.2. The molecule has 1 N–H and O–H groups in total. The third kappa shape index (κ3) is 3.66. The molecule has 0 aliphatic carbocycles. The Balaban J connectivity index is 1.96. The van der Waals surface area contributed by atoms with Gasteiger partial charge in [0.25, 0.3) is 0 Å². The first kappa shape index (κ1) is 16.7. The molecule has 122 valence electrons. The van der Waals surface area contributed by atoms with Crippen molar-refractivity contribution in [2.24, 2.45) is 0 Å². The van der Waals surface area contributed by atoms with Crippen LogP contribution in [0.1, 0.15) is 6.92 Å². The summed E-state index contributed by atoms with van der Waals surface area (Å²) in [6, 6.07) is 11.9. The molecule has 1 atom stereocenters. The van der Waals surface area contributed by atoms with Crippen LogP contribution in [-0.2, 0) is 4.79 Å². The molecular formula is C18H17N3OS2. The molecule has 24 heavy (non-hydrogen) atoms. The van der Waals surface area contributed by atoms with E-state index in [4.69, 9.17) is 4.98 Å². The topological polar surface area (TPSA) is 54.9 Å². The van der Waals surface area contributed by atoms with Gasteiger partial charge in [-0.1, -0.05) is 42.1 Å². The van der Waals surface area contributed by atoms with Crippen molar-refractivity contribution < 1.29 is 4.79 Å². The molecule has 6 heteroatoms. The number of fused-ring (bicyclic) bond motifs is 1. The Hall–Kier alpha value is -2.18. The molecule has 2 aromatic heterocycles. The second kappa shape index (κ2) is 7.59. The van der Waals surface area contributed by atoms with E-state index >= 15 is 0 Å². The molecule has 1 amide bonds. The van der Waals surface area contributed by atoms with Crippen LogP contribution in [0.2, 0.25) is 0 Å². The molecule has 0 fully saturated rings. The van der Waals surface area contributed by atoms with E-state index in [1.54, 1.807) is 17.4 Å². The number of benzene rings is 1. The standard InChI is InChI=1S/C18H17N3OS2/c1-3-10-19-17(22)12(2)24-18-13-7-4-5-8-14(13)20-16(21-18)15-9-6-11-23-15/h3-9,11-12H,1,10H2,2H3,(H,19,22)/t12-/m0/s1. The van der Waals surface area contributed by atoms with E-state index in [0.717, 1.165) is 20.8 Å². The second-order valence-electron chi connectivity index (χ2n) is 5.14. The van der Waals surface area contributed by atoms with Crippen LogP contribution in [-0.4, -0.2) is 27.7 Å². The molecule has 3 rings (SSSR count). The van der Waals surface area contributed by atoms with Gasteiger partial charge in [-0.15, -0.1) is 17.9 Å². The fourth-order valence-electron chi connectivity index (χ4n) is 2.19. The lowest BCUT2D eigenvalue weighted by molar-refractivity contribution is -0.120. The third-order valence-electron chi connectivity index (χ3n) is 3.39. The molecule has 4 nitrogen and oxygen atoms in total. The fraction of sp³-hybridized carbons (Fsp3) is 0.167. The van der Waals surface area contributed by atoms with Crippen molar-refractivity contribution in [3.8, 4) is 10.7 Å². The normalized spacial score (nSPS) is 12.0. The molecule has 2 heterocycles. The number of hydrogen-bond acceptors (Lipinski definition) is 5. The van der Waals surface area contributed by atoms with Gasteiger partial charge in [0.15, 0.2) is 5.82 Å². The number of hydrogen-bond donors (Lipinski definition) is 1. The number of nitrogens with one attached hydrogen (secondary N) is 1. The molecular weight excluding hydrogens is 338 g/mol. The van der Waals surface area contributed by atoms with Crippen LogP contribution in [0.4, 0.5) is 0 Å². The van der Waals surface area contributed by atoms with E-state index in [9.17, 15) is 4.79 Å². The zero-order chi connectivity index (χ0) is 16.9. The number of amides is 1. The summed E-state index contributed by atoms with van der Waals surface area (Å²) >= 11 is 3.06. The Morgan fingerprint density at radius 2 is 2.17 bits per heavy atom. The molecule has 0 saturated heterocycles. The number of carbonyl (C=O) groups is 1. The maximum Gasteiger partial charge on any atom is 0.233 e. The van der Waals surface area contributed by atoms with Crippen LogP contribution in [0.3, 0.4) is 0 Å². The Kier molecular flexibility index (Phi) is 5.27. The van der Waals surface area contributed by atoms with E-state index in [1.165, 1.54) is 11.8 Å². The number of thioether (sulfide) groups is 1. The van der Waals surface area contributed by atoms with E-state index in [0.29, 0.717) is 12.4 Å². The van der Waals surface area contributed by atoms with Crippen LogP contribution in [0.5, 0.6) is 0 Å². The summed E-state index contributed by atoms with van der Waals surface area (Å²) in [6.07, 6.45) is 1.67. The highest BCUT2D eigenvalue weighted by molar-refractivity contribution is 8.00. The molecule has 3 aromatic rings. The predicted molar refractivity (Wildman–Crippen MR) is 101 cm³/mol. The van der Waals surface area contributed by atoms with Crippen molar-refractivity contribution in [2.45, 2.75) is 17.2 Å². The summed E-state index contributed by atoms with van der Waals surface area (Å²) in [5.41, 5.74) is 0.886. The van der Waals surface area contributed by atoms with Crippen molar-refractivity contribution >= 4 is 39.9 Å². The van der Waals surface area contributed by atoms with Crippen molar-refractivity contribution in [3.63, 3.8) is 0 Å². The first-order chi connectivity index (χ1) is 11.7. The van der Waals surface area contributed by atoms with Crippen LogP contribution in [0.15, 0.2) is 59.5 Å². The zero-order valence-electron chi connectivity index (χ0n) is 13.2. The van der Waals surface area contributed by atoms with Gasteiger partial charge in [0.1, 0.15) is 5.03 Å². The summed E-state index contributed by atoms with van der Waals surface area (Å²) in [5.74, 6) is 0.671. The van der Waals surface area contributed by atoms with E-state index < -0.39 is 0 Å². The first-order valence-corrected chi connectivity index (χ1v) is 9.31. The van der Waals surface area contributed by atoms with Gasteiger partial charge in [0, 0.05) is 11.9 Å². The molecule has 0 spiro atoms. The molecule has 0 bridgehead atoms. The first-order valence-electron chi connectivity index (χ1n) is 7.55. The Labute approximate surface area is 149 Å². The average molecular weight is 355 g/mol. The number of rotatable bonds is 6. The minimum atomic E-state index is -0.251. The highest BCUT2D eigenvalue weighted by atomic mass is 32.2. The number of carbonyl (C=O) groups excluding carboxylic acids is 1. The lowest BCUT2D eigenvalue weighted by Gasteiger charge is -2.12. The third-order valence-corrected chi connectivity index (χ3v) is 5.36. The monoisotopic (exact) mass is 355 g/mol. The quantitative estimate of drug-likeness (QED) is 0.410. The molecule has 0 aliphatic rings. The van der Waals surface area contributed by atoms with Gasteiger partial charge in [-0.2, -0.15) is 0 Å². The van der Waals surface area contributed by atoms with E-state index in [2.05, 4.69) is 16.9 Å². The molecule has 0 unspecified atom stereocenters. The summed E-state index contributed by atoms with van der Waals surface area (Å²) < 4.78 is 0. The Morgan fingerprint density at radius 1 is 1.33 bits per heavy atom. The summed E-state index contributed by atoms with van der Waals surface area (Å²) in [5, 5.41) is 6.37. The zero-order valence-corrected chi connectivity index (χ0v) is 14.9. The maximum absolute atomic E-state index is 12.1. The van der Waals surface area contributed by atoms with Gasteiger partial charge in [0.05, 0.1) is 15.6 Å². The largest absolute Gasteiger partial charge is 0.352 e. The highest BCUT2D eigenvalue weighted by Gasteiger charge is 2.18. The second-order valence-corrected chi connectivity index (χ2v) is 7.42. The summed E-state index contributed by atoms with van der Waals surface area (Å²) in [4.78, 5) is 22.5. The SMILES string of the molecule is C=CCNC(=O)[C@H](C)Sc1nc(-c2cccs2)nc2ccccc12. The van der Waals surface area contributed by atoms with Gasteiger partial charge in [-0.3, -0.25) is 4.79 Å². The van der Waals surface area contributed by atoms with Crippen molar-refractivity contribution in [1.29, 1.82) is 0 Å². The van der Waals surface area contributed by atoms with E-state index in [-0.39, 0.29) is 11.2 Å². The number of thiophene rings is 1. The van der Waals surface area contributed by atoms with Crippen LogP contribution >= 0.6 is 23.1 Å². The van der Waals surface area contributed by atoms with Crippen LogP contribution in [0, 0.1) is 0 Å². The number of para-hydroxylation sites is 1. The smallest absolute Gasteiger partial charge is 0.233 e. The predicted octanol–water partition coefficient (Wildman–Crippen LogP) is 4.14. The molecule has 1 aromatic carbocycles. The lowest BCUT2D eigenvalue weighted by Crippen LogP contribution is -2.30. The molecule has 0 saturated carbocycles. The average Bonchev–Trinajstić information content (AvgIpc) is 3.14. The van der Waals surface area contributed by atoms with Crippen molar-refractivity contribution in [1.82, 2.24) is 15.3 Å². The van der Waals surface area contributed by atoms with Gasteiger partial charge >= 0.3 is 0 Å². The number of nitrogens with zero attached hydrogens (tertiary/aromatic N) is 2. The molecule has 0 aliphatic heterocycles. The minimum Gasteiger partial charge on any atom is -0.352 e. The van der Waals surface area contributed by atoms with Gasteiger partial charge in [-0.05, 0) is 24.4 Å². The van der Waals surface area contributed by atoms with Crippen LogP contribution < -0.4 is 5.32 Å². The fourth-order valence-corrected chi connectivity index (χ4v) is 3.81. The number of aromatic nitrogens is 2. The van der Waals surface area contributed by atoms with Crippen molar-refractivity contribution in [2.75, 3.05) is 6.54 Å². The van der Waals surface area contributed by atoms with Gasteiger partial charge < -0.3 is 5.32 Å². The van der Waals surface area contributed by atoms with Crippen LogP contribution in [0.25, 0.3) is 21.6 Å².